The Kier molecular flexibility index (Phi) is 23.1. The van der Waals surface area contributed by atoms with Gasteiger partial charge < -0.3 is 38.8 Å². The molecule has 1 aromatic carbocycles. The van der Waals surface area contributed by atoms with Gasteiger partial charge in [-0.25, -0.2) is 28.4 Å². The van der Waals surface area contributed by atoms with Gasteiger partial charge in [-0.2, -0.15) is 23.5 Å². The fourth-order valence-corrected chi connectivity index (χ4v) is 8.62. The van der Waals surface area contributed by atoms with Crippen molar-refractivity contribution in [3.05, 3.63) is 54.2 Å². The number of benzene rings is 1. The van der Waals surface area contributed by atoms with Crippen LogP contribution < -0.4 is 39.4 Å². The number of methoxy groups -OCH3 is 3. The summed E-state index contributed by atoms with van der Waals surface area (Å²) < 4.78 is 69.1. The zero-order valence-corrected chi connectivity index (χ0v) is 41.4. The molecule has 6 N–H and O–H groups in total. The van der Waals surface area contributed by atoms with Crippen LogP contribution >= 0.6 is 53.9 Å². The molecule has 3 aromatic heterocycles. The van der Waals surface area contributed by atoms with Gasteiger partial charge in [0.05, 0.1) is 69.8 Å². The molecule has 2 amide bonds. The Labute approximate surface area is 396 Å². The zero-order valence-electron chi connectivity index (χ0n) is 35.8. The van der Waals surface area contributed by atoms with Crippen molar-refractivity contribution in [3.63, 3.8) is 0 Å². The summed E-state index contributed by atoms with van der Waals surface area (Å²) in [5, 5.41) is 23.5. The minimum atomic E-state index is -4.64. The van der Waals surface area contributed by atoms with Gasteiger partial charge in [-0.1, -0.05) is 23.2 Å². The fraction of sp³-hybridized carbons (Fsp3) is 0.424. The molecule has 0 spiro atoms. The van der Waals surface area contributed by atoms with Crippen molar-refractivity contribution < 1.29 is 70.8 Å². The Morgan fingerprint density at radius 2 is 1.62 bits per heavy atom. The minimum Gasteiger partial charge on any atom is -0.778 e. The third kappa shape index (κ3) is 18.8. The molecule has 33 heteroatoms. The number of halogens is 3. The van der Waals surface area contributed by atoms with Crippen molar-refractivity contribution in [3.8, 4) is 11.8 Å². The van der Waals surface area contributed by atoms with Crippen LogP contribution in [0.2, 0.25) is 10.2 Å². The number of hydrogen-bond acceptors (Lipinski definition) is 19. The summed E-state index contributed by atoms with van der Waals surface area (Å²) in [7, 11) is -3.27. The Morgan fingerprint density at radius 3 is 2.14 bits per heavy atom. The van der Waals surface area contributed by atoms with Crippen molar-refractivity contribution in [2.24, 2.45) is 12.0 Å². The van der Waals surface area contributed by atoms with Gasteiger partial charge in [-0.15, -0.1) is 11.8 Å². The molecule has 1 aliphatic rings. The molecule has 0 saturated carbocycles. The van der Waals surface area contributed by atoms with Crippen LogP contribution in [-0.4, -0.2) is 135 Å². The Hall–Kier alpha value is -4.78. The molecule has 5 rings (SSSR count). The first kappa shape index (κ1) is 57.3. The molecule has 66 heavy (non-hydrogen) atoms. The van der Waals surface area contributed by atoms with E-state index >= 15 is 0 Å². The van der Waals surface area contributed by atoms with Gasteiger partial charge in [0.2, 0.25) is 22.5 Å². The number of nitrogens with one attached hydrogen (secondary N) is 3. The van der Waals surface area contributed by atoms with E-state index in [2.05, 4.69) is 48.9 Å². The molecule has 25 nitrogen and oxygen atoms in total. The lowest BCUT2D eigenvalue weighted by atomic mass is 10.3. The lowest BCUT2D eigenvalue weighted by molar-refractivity contribution is -0.193. The van der Waals surface area contributed by atoms with E-state index in [4.69, 9.17) is 47.8 Å². The smallest absolute Gasteiger partial charge is 0.341 e. The second kappa shape index (κ2) is 26.5. The zero-order chi connectivity index (χ0) is 50.1. The topological polar surface area (TPSA) is 350 Å². The first-order valence-electron chi connectivity index (χ1n) is 18.0. The quantitative estimate of drug-likeness (QED) is 0.0451. The Morgan fingerprint density at radius 1 is 1.05 bits per heavy atom. The lowest BCUT2D eigenvalue weighted by Crippen LogP contribution is -2.36. The number of aliphatic carboxylic acids is 1. The molecule has 0 bridgehead atoms. The van der Waals surface area contributed by atoms with Gasteiger partial charge in [-0.05, 0) is 47.2 Å². The van der Waals surface area contributed by atoms with Gasteiger partial charge in [0, 0.05) is 25.0 Å². The highest BCUT2D eigenvalue weighted by molar-refractivity contribution is 8.00. The largest absolute Gasteiger partial charge is 0.778 e. The fourth-order valence-electron chi connectivity index (χ4n) is 4.67. The van der Waals surface area contributed by atoms with Gasteiger partial charge in [0.15, 0.2) is 10.2 Å². The number of aromatic carboxylic acids is 1. The predicted octanol–water partition coefficient (Wildman–Crippen LogP) is 1.54. The summed E-state index contributed by atoms with van der Waals surface area (Å²) in [6, 6.07) is 2.71. The Balaban J connectivity index is 0.000000354. The third-order valence-corrected chi connectivity index (χ3v) is 11.9. The first-order chi connectivity index (χ1) is 30.7. The minimum absolute atomic E-state index is 0.0478. The van der Waals surface area contributed by atoms with Crippen molar-refractivity contribution in [1.82, 2.24) is 39.2 Å². The van der Waals surface area contributed by atoms with Crippen LogP contribution in [0.3, 0.4) is 0 Å². The number of sulfonamides is 1. The van der Waals surface area contributed by atoms with E-state index < -0.39 is 75.9 Å². The number of carbonyl (C=O) groups excluding carboxylic acids is 2. The number of esters is 1. The number of carboxylic acids is 2. The number of fused-ring (bicyclic) bond motifs is 1. The summed E-state index contributed by atoms with van der Waals surface area (Å²) in [5.74, 6) is -3.95. The Bertz CT molecular complexity index is 2630. The van der Waals surface area contributed by atoms with Crippen LogP contribution in [0.5, 0.6) is 11.8 Å². The number of nitrogens with zero attached hydrogens (tertiary/aromatic N) is 7. The molecule has 0 aliphatic carbocycles. The molecular formula is C33H44Cl2FN10O15PS4. The molecule has 0 radical (unpaired) electrons. The lowest BCUT2D eigenvalue weighted by Gasteiger charge is -2.15. The maximum absolute atomic E-state index is 14.3. The van der Waals surface area contributed by atoms with E-state index in [1.54, 1.807) is 14.1 Å². The number of aromatic nitrogens is 6. The third-order valence-electron chi connectivity index (χ3n) is 7.24. The average Bonchev–Trinajstić information content (AvgIpc) is 3.71. The molecule has 1 atom stereocenters. The van der Waals surface area contributed by atoms with Crippen LogP contribution in [0.15, 0.2) is 37.9 Å². The maximum Gasteiger partial charge on any atom is 0.341 e. The van der Waals surface area contributed by atoms with Crippen molar-refractivity contribution in [2.45, 2.75) is 35.9 Å². The number of anilines is 1. The molecule has 4 heterocycles. The molecule has 4 aromatic rings. The average molecular weight is 1070 g/mol. The highest BCUT2D eigenvalue weighted by atomic mass is 35.5. The number of carbonyl (C=O) groups is 4. The van der Waals surface area contributed by atoms with Gasteiger partial charge in [0.1, 0.15) is 24.7 Å². The number of amides is 2. The summed E-state index contributed by atoms with van der Waals surface area (Å²) in [5.41, 5.74) is -0.696. The number of ether oxygens (including phenoxy) is 3. The van der Waals surface area contributed by atoms with Crippen LogP contribution in [0, 0.1) is 5.82 Å². The van der Waals surface area contributed by atoms with Crippen molar-refractivity contribution in [1.29, 1.82) is 0 Å². The second-order valence-electron chi connectivity index (χ2n) is 12.9. The van der Waals surface area contributed by atoms with Crippen LogP contribution in [0.1, 0.15) is 23.2 Å². The van der Waals surface area contributed by atoms with Gasteiger partial charge in [-0.3, -0.25) is 34.4 Å². The number of urea groups is 1. The summed E-state index contributed by atoms with van der Waals surface area (Å²) in [6.07, 6.45) is 7.77. The normalized spacial score (nSPS) is 13.0. The summed E-state index contributed by atoms with van der Waals surface area (Å²) in [6.45, 7) is 0.845. The molecule has 366 valence electrons. The molecular weight excluding hydrogens is 1030 g/mol. The number of rotatable bonds is 14. The molecule has 1 aliphatic heterocycles. The van der Waals surface area contributed by atoms with Crippen molar-refractivity contribution >= 4 is 110 Å². The first-order valence-corrected chi connectivity index (χ1v) is 26.2. The van der Waals surface area contributed by atoms with Gasteiger partial charge in [0.25, 0.3) is 10.0 Å². The van der Waals surface area contributed by atoms with Crippen LogP contribution in [0.25, 0.3) is 0 Å². The van der Waals surface area contributed by atoms with E-state index in [0.717, 1.165) is 49.1 Å². The number of hydrogen-bond donors (Lipinski definition) is 6. The standard InChI is InChI=1S/C15H15ClFN3O3S2.C12H13ClN6O7S.C3H8NO5P.C3H9S/c1-23-13(21)8-24-12-7-11(10(17)6-9(12)16)18-14-19-4-2-3-5-20(19)15(22)25-14;1-19-9(7(10(20)21)8(13)17-19)27(23,24)18-12(22)16-11-14-5(25-2)4-6(15-11)26-3;5-3(6)1-4-2-10(7,8)9;1-4(2)3/h6-7H,2-5,8H2,1H3;4H,1-3H3,(H,20,21)(H2,14,15,16,18,22);4H,1-2H2,(H,5,6)(H2,7,8,9);1-3H3/q;;;+1/p-1. The molecule has 0 fully saturated rings. The summed E-state index contributed by atoms with van der Waals surface area (Å²) >= 11 is 13.8. The summed E-state index contributed by atoms with van der Waals surface area (Å²) in [4.78, 5) is 87.1. The second-order valence-corrected chi connectivity index (χ2v) is 21.2. The predicted molar refractivity (Wildman–Crippen MR) is 240 cm³/mol. The van der Waals surface area contributed by atoms with E-state index in [1.807, 2.05) is 5.32 Å². The molecule has 1 unspecified atom stereocenters. The SMILES string of the molecule is COC(=O)CSc1cc(N=c2sc(=O)n3n2CCCC3)c(F)cc1Cl.COc1cc(OC)nc(NC(=O)NS(=O)(=O)c2c(C(=O)O)c(Cl)nn2C)n1.C[S+](C)C.O=C(O)CNCP(=O)([O-])O. The van der Waals surface area contributed by atoms with Gasteiger partial charge >= 0.3 is 28.8 Å². The van der Waals surface area contributed by atoms with E-state index in [9.17, 15) is 46.2 Å². The maximum atomic E-state index is 14.3. The highest BCUT2D eigenvalue weighted by Crippen LogP contribution is 2.33. The van der Waals surface area contributed by atoms with Crippen LogP contribution in [-0.2, 0) is 59.9 Å². The van der Waals surface area contributed by atoms with E-state index in [-0.39, 0.29) is 39.0 Å². The van der Waals surface area contributed by atoms with Crippen molar-refractivity contribution in [2.75, 3.05) is 64.0 Å². The van der Waals surface area contributed by atoms with E-state index in [0.29, 0.717) is 38.4 Å². The monoisotopic (exact) mass is 1070 g/mol. The number of thioether (sulfide) groups is 1. The van der Waals surface area contributed by atoms with Crippen LogP contribution in [0.4, 0.5) is 20.8 Å². The number of carboxylic acid groups (broad SMARTS) is 2. The number of aryl methyl sites for hydroxylation is 1. The highest BCUT2D eigenvalue weighted by Gasteiger charge is 2.32. The van der Waals surface area contributed by atoms with E-state index in [1.165, 1.54) is 33.5 Å². The molecule has 0 saturated heterocycles.